The number of sulfonamides is 1. The summed E-state index contributed by atoms with van der Waals surface area (Å²) < 4.78 is 32.7. The molecule has 1 aromatic carbocycles. The van der Waals surface area contributed by atoms with Crippen molar-refractivity contribution in [3.8, 4) is 0 Å². The molecule has 0 bridgehead atoms. The van der Waals surface area contributed by atoms with Crippen LogP contribution in [0.1, 0.15) is 24.0 Å². The Morgan fingerprint density at radius 2 is 1.71 bits per heavy atom. The van der Waals surface area contributed by atoms with Gasteiger partial charge in [0.05, 0.1) is 4.90 Å². The van der Waals surface area contributed by atoms with E-state index >= 15 is 0 Å². The van der Waals surface area contributed by atoms with E-state index in [1.54, 1.807) is 7.05 Å². The lowest BCUT2D eigenvalue weighted by molar-refractivity contribution is 0.0632. The molecule has 0 unspecified atom stereocenters. The minimum absolute atomic E-state index is 0.0199. The van der Waals surface area contributed by atoms with Gasteiger partial charge in [-0.2, -0.15) is 4.31 Å². The van der Waals surface area contributed by atoms with Gasteiger partial charge in [0, 0.05) is 39.0 Å². The smallest absolute Gasteiger partial charge is 0.243 e. The fraction of sp³-hybridized carbons (Fsp3) is 0.600. The first-order valence-electron chi connectivity index (χ1n) is 7.22. The molecule has 0 atom stereocenters. The van der Waals surface area contributed by atoms with Crippen LogP contribution in [-0.4, -0.2) is 46.1 Å². The zero-order valence-electron chi connectivity index (χ0n) is 13.1. The number of rotatable bonds is 4. The topological polar surface area (TPSA) is 58.6 Å². The lowest BCUT2D eigenvalue weighted by Crippen LogP contribution is -2.41. The van der Waals surface area contributed by atoms with Crippen LogP contribution in [0.15, 0.2) is 17.0 Å². The fourth-order valence-electron chi connectivity index (χ4n) is 2.89. The van der Waals surface area contributed by atoms with Gasteiger partial charge in [-0.15, -0.1) is 0 Å². The Morgan fingerprint density at radius 1 is 1.19 bits per heavy atom. The third-order valence-electron chi connectivity index (χ3n) is 4.09. The maximum atomic E-state index is 12.9. The Labute approximate surface area is 127 Å². The van der Waals surface area contributed by atoms with Gasteiger partial charge >= 0.3 is 0 Å². The summed E-state index contributed by atoms with van der Waals surface area (Å²) in [6.45, 7) is 4.94. The molecule has 1 aromatic rings. The summed E-state index contributed by atoms with van der Waals surface area (Å²) in [5.74, 6) is 0. The SMILES string of the molecule is CNc1cc(C)c(S(=O)(=O)N(C)C2CCOCC2)c(C)c1. The van der Waals surface area contributed by atoms with E-state index in [4.69, 9.17) is 4.74 Å². The Bertz CT molecular complexity index is 584. The van der Waals surface area contributed by atoms with E-state index in [1.807, 2.05) is 33.0 Å². The Morgan fingerprint density at radius 3 is 2.19 bits per heavy atom. The number of ether oxygens (including phenoxy) is 1. The summed E-state index contributed by atoms with van der Waals surface area (Å²) in [5, 5.41) is 3.05. The highest BCUT2D eigenvalue weighted by atomic mass is 32.2. The first-order valence-corrected chi connectivity index (χ1v) is 8.66. The second kappa shape index (κ2) is 6.34. The van der Waals surface area contributed by atoms with Crippen molar-refractivity contribution in [2.75, 3.05) is 32.6 Å². The van der Waals surface area contributed by atoms with Crippen molar-refractivity contribution in [3.63, 3.8) is 0 Å². The highest BCUT2D eigenvalue weighted by Gasteiger charge is 2.31. The van der Waals surface area contributed by atoms with Gasteiger partial charge < -0.3 is 10.1 Å². The molecule has 6 heteroatoms. The molecule has 0 saturated carbocycles. The molecule has 0 aliphatic carbocycles. The van der Waals surface area contributed by atoms with Crippen molar-refractivity contribution >= 4 is 15.7 Å². The van der Waals surface area contributed by atoms with Gasteiger partial charge in [0.25, 0.3) is 0 Å². The molecule has 0 aromatic heterocycles. The lowest BCUT2D eigenvalue weighted by atomic mass is 10.1. The van der Waals surface area contributed by atoms with Gasteiger partial charge in [0.2, 0.25) is 10.0 Å². The molecule has 1 aliphatic heterocycles. The maximum absolute atomic E-state index is 12.9. The van der Waals surface area contributed by atoms with Crippen LogP contribution in [0.2, 0.25) is 0 Å². The number of anilines is 1. The minimum atomic E-state index is -3.47. The van der Waals surface area contributed by atoms with Crippen LogP contribution in [0.25, 0.3) is 0 Å². The average molecular weight is 312 g/mol. The van der Waals surface area contributed by atoms with E-state index in [2.05, 4.69) is 5.32 Å². The molecule has 1 N–H and O–H groups in total. The highest BCUT2D eigenvalue weighted by Crippen LogP contribution is 2.29. The van der Waals surface area contributed by atoms with E-state index < -0.39 is 10.0 Å². The third-order valence-corrected chi connectivity index (χ3v) is 6.31. The van der Waals surface area contributed by atoms with Crippen LogP contribution in [0.5, 0.6) is 0 Å². The summed E-state index contributed by atoms with van der Waals surface area (Å²) in [6.07, 6.45) is 1.50. The Balaban J connectivity index is 2.39. The highest BCUT2D eigenvalue weighted by molar-refractivity contribution is 7.89. The number of nitrogens with one attached hydrogen (secondary N) is 1. The molecule has 1 saturated heterocycles. The van der Waals surface area contributed by atoms with Gasteiger partial charge in [0.1, 0.15) is 0 Å². The van der Waals surface area contributed by atoms with Crippen molar-refractivity contribution in [2.24, 2.45) is 0 Å². The zero-order valence-corrected chi connectivity index (χ0v) is 14.0. The van der Waals surface area contributed by atoms with E-state index in [9.17, 15) is 8.42 Å². The van der Waals surface area contributed by atoms with E-state index in [0.717, 1.165) is 29.7 Å². The van der Waals surface area contributed by atoms with Crippen LogP contribution >= 0.6 is 0 Å². The largest absolute Gasteiger partial charge is 0.388 e. The van der Waals surface area contributed by atoms with E-state index in [-0.39, 0.29) is 6.04 Å². The monoisotopic (exact) mass is 312 g/mol. The molecule has 5 nitrogen and oxygen atoms in total. The van der Waals surface area contributed by atoms with Crippen molar-refractivity contribution in [2.45, 2.75) is 37.6 Å². The molecular weight excluding hydrogens is 288 g/mol. The minimum Gasteiger partial charge on any atom is -0.388 e. The first-order chi connectivity index (χ1) is 9.87. The molecule has 1 heterocycles. The quantitative estimate of drug-likeness (QED) is 0.925. The van der Waals surface area contributed by atoms with Crippen molar-refractivity contribution in [3.05, 3.63) is 23.3 Å². The van der Waals surface area contributed by atoms with Gasteiger partial charge in [0.15, 0.2) is 0 Å². The summed E-state index contributed by atoms with van der Waals surface area (Å²) in [5.41, 5.74) is 2.48. The fourth-order valence-corrected chi connectivity index (χ4v) is 4.71. The van der Waals surface area contributed by atoms with Crippen molar-refractivity contribution < 1.29 is 13.2 Å². The number of nitrogens with zero attached hydrogens (tertiary/aromatic N) is 1. The lowest BCUT2D eigenvalue weighted by Gasteiger charge is -2.31. The predicted molar refractivity (Wildman–Crippen MR) is 84.3 cm³/mol. The second-order valence-corrected chi connectivity index (χ2v) is 7.49. The molecular formula is C15H24N2O3S. The molecule has 0 spiro atoms. The first kappa shape index (κ1) is 16.3. The molecule has 118 valence electrons. The molecule has 2 rings (SSSR count). The molecule has 1 fully saturated rings. The van der Waals surface area contributed by atoms with Crippen molar-refractivity contribution in [1.29, 1.82) is 0 Å². The van der Waals surface area contributed by atoms with Crippen LogP contribution in [0.3, 0.4) is 0 Å². The third kappa shape index (κ3) is 3.22. The molecule has 1 aliphatic rings. The van der Waals surface area contributed by atoms with Crippen LogP contribution in [0, 0.1) is 13.8 Å². The standard InChI is InChI=1S/C15H24N2O3S/c1-11-9-13(16-3)10-12(2)15(11)21(18,19)17(4)14-5-7-20-8-6-14/h9-10,14,16H,5-8H2,1-4H3. The molecule has 0 radical (unpaired) electrons. The van der Waals surface area contributed by atoms with Gasteiger partial charge in [-0.25, -0.2) is 8.42 Å². The second-order valence-electron chi connectivity index (χ2n) is 5.55. The predicted octanol–water partition coefficient (Wildman–Crippen LogP) is 2.14. The van der Waals surface area contributed by atoms with Gasteiger partial charge in [-0.05, 0) is 49.9 Å². The summed E-state index contributed by atoms with van der Waals surface area (Å²) in [6, 6.07) is 3.77. The number of aryl methyl sites for hydroxylation is 2. The molecule has 21 heavy (non-hydrogen) atoms. The molecule has 0 amide bonds. The van der Waals surface area contributed by atoms with Crippen LogP contribution < -0.4 is 5.32 Å². The van der Waals surface area contributed by atoms with Crippen LogP contribution in [-0.2, 0) is 14.8 Å². The van der Waals surface area contributed by atoms with E-state index in [1.165, 1.54) is 4.31 Å². The number of hydrogen-bond acceptors (Lipinski definition) is 4. The van der Waals surface area contributed by atoms with Crippen molar-refractivity contribution in [1.82, 2.24) is 4.31 Å². The summed E-state index contributed by atoms with van der Waals surface area (Å²) >= 11 is 0. The number of benzene rings is 1. The van der Waals surface area contributed by atoms with E-state index in [0.29, 0.717) is 18.1 Å². The zero-order chi connectivity index (χ0) is 15.6. The van der Waals surface area contributed by atoms with Gasteiger partial charge in [-0.1, -0.05) is 0 Å². The summed E-state index contributed by atoms with van der Waals surface area (Å²) in [4.78, 5) is 0.426. The average Bonchev–Trinajstić information content (AvgIpc) is 2.46. The Hall–Kier alpha value is -1.11. The van der Waals surface area contributed by atoms with Crippen LogP contribution in [0.4, 0.5) is 5.69 Å². The Kier molecular flexibility index (Phi) is 4.91. The normalized spacial score (nSPS) is 17.2. The summed E-state index contributed by atoms with van der Waals surface area (Å²) in [7, 11) is 0.0317. The maximum Gasteiger partial charge on any atom is 0.243 e. The van der Waals surface area contributed by atoms with Gasteiger partial charge in [-0.3, -0.25) is 0 Å². The number of hydrogen-bond donors (Lipinski definition) is 1.